The van der Waals surface area contributed by atoms with Gasteiger partial charge in [0.15, 0.2) is 5.82 Å². The van der Waals surface area contributed by atoms with Gasteiger partial charge in [0, 0.05) is 67.8 Å². The predicted octanol–water partition coefficient (Wildman–Crippen LogP) is 2.85. The van der Waals surface area contributed by atoms with E-state index in [-0.39, 0.29) is 23.1 Å². The van der Waals surface area contributed by atoms with Crippen LogP contribution in [0.2, 0.25) is 0 Å². The Balaban J connectivity index is 1.29. The van der Waals surface area contributed by atoms with Crippen molar-refractivity contribution in [1.82, 2.24) is 33.2 Å². The molecule has 1 aliphatic carbocycles. The fraction of sp³-hybridized carbons (Fsp3) is 0.355. The van der Waals surface area contributed by atoms with Gasteiger partial charge in [-0.2, -0.15) is 5.10 Å². The zero-order valence-corrected chi connectivity index (χ0v) is 24.3. The maximum absolute atomic E-state index is 13.7. The number of hydrogen-bond donors (Lipinski definition) is 2. The van der Waals surface area contributed by atoms with Crippen molar-refractivity contribution >= 4 is 17.0 Å². The molecule has 0 saturated heterocycles. The lowest BCUT2D eigenvalue weighted by atomic mass is 9.90. The number of aliphatic hydroxyl groups is 1. The maximum Gasteiger partial charge on any atom is 0.280 e. The van der Waals surface area contributed by atoms with Crippen LogP contribution in [0.5, 0.6) is 0 Å². The number of aromatic nitrogens is 6. The third-order valence-corrected chi connectivity index (χ3v) is 8.51. The Morgan fingerprint density at radius 3 is 2.69 bits per heavy atom. The summed E-state index contributed by atoms with van der Waals surface area (Å²) in [7, 11) is 3.76. The number of fused-ring (bicyclic) bond motifs is 4. The largest absolute Gasteiger partial charge is 0.392 e. The standard InChI is InChI=1S/C31H34N8O3/c1-31(2)14-19-12-25-30(42)38(9-8-37(25)26(19)15-31)28-23(18-40)22(5-6-32-28)20-11-24(29(41)36(4)16-20)33-27-13-21-17-35(3)7-10-39(21)34-27/h5-6,8-9,11-13,16,40H,7,10,14-15,17-18H2,1-4H3,(H,33,34). The summed E-state index contributed by atoms with van der Waals surface area (Å²) in [5.74, 6) is 0.966. The first-order valence-corrected chi connectivity index (χ1v) is 14.2. The number of pyridine rings is 2. The third kappa shape index (κ3) is 4.27. The normalized spacial score (nSPS) is 16.1. The average Bonchev–Trinajstić information content (AvgIpc) is 3.60. The van der Waals surface area contributed by atoms with Crippen LogP contribution in [-0.4, -0.2) is 51.9 Å². The van der Waals surface area contributed by atoms with E-state index in [1.54, 1.807) is 37.8 Å². The Labute approximate surface area is 242 Å². The summed E-state index contributed by atoms with van der Waals surface area (Å²) in [4.78, 5) is 33.6. The summed E-state index contributed by atoms with van der Waals surface area (Å²) in [6, 6.07) is 7.51. The SMILES string of the molecule is CN1CCn2nc(Nc3cc(-c4ccnc(-n5ccn6c7c(cc6c5=O)CC(C)(C)C7)c4CO)cn(C)c3=O)cc2C1. The zero-order valence-electron chi connectivity index (χ0n) is 24.3. The summed E-state index contributed by atoms with van der Waals surface area (Å²) in [6.07, 6.45) is 8.82. The Bertz CT molecular complexity index is 1990. The van der Waals surface area contributed by atoms with Gasteiger partial charge in [-0.25, -0.2) is 4.98 Å². The van der Waals surface area contributed by atoms with Crippen LogP contribution in [0, 0.1) is 5.41 Å². The minimum atomic E-state index is -0.339. The second-order valence-electron chi connectivity index (χ2n) is 12.3. The summed E-state index contributed by atoms with van der Waals surface area (Å²) >= 11 is 0. The summed E-state index contributed by atoms with van der Waals surface area (Å²) in [5.41, 5.74) is 6.09. The van der Waals surface area contributed by atoms with E-state index in [1.165, 1.54) is 20.4 Å². The van der Waals surface area contributed by atoms with Gasteiger partial charge in [-0.05, 0) is 54.6 Å². The predicted molar refractivity (Wildman–Crippen MR) is 160 cm³/mol. The number of likely N-dealkylation sites (N-methyl/N-ethyl adjacent to an activating group) is 1. The molecule has 7 rings (SSSR count). The monoisotopic (exact) mass is 566 g/mol. The first kappa shape index (κ1) is 26.4. The molecule has 6 heterocycles. The molecule has 42 heavy (non-hydrogen) atoms. The topological polar surface area (TPSA) is 115 Å². The van der Waals surface area contributed by atoms with Crippen LogP contribution in [0.4, 0.5) is 11.5 Å². The molecule has 0 amide bonds. The van der Waals surface area contributed by atoms with E-state index in [0.717, 1.165) is 38.2 Å². The van der Waals surface area contributed by atoms with E-state index in [4.69, 9.17) is 0 Å². The van der Waals surface area contributed by atoms with Crippen molar-refractivity contribution in [3.63, 3.8) is 0 Å². The Kier molecular flexibility index (Phi) is 6.00. The number of nitrogens with zero attached hydrogens (tertiary/aromatic N) is 7. The van der Waals surface area contributed by atoms with Crippen molar-refractivity contribution in [2.24, 2.45) is 12.5 Å². The van der Waals surface area contributed by atoms with Crippen LogP contribution in [0.25, 0.3) is 22.5 Å². The van der Waals surface area contributed by atoms with Crippen LogP contribution in [0.1, 0.15) is 36.4 Å². The highest BCUT2D eigenvalue weighted by atomic mass is 16.3. The van der Waals surface area contributed by atoms with Crippen molar-refractivity contribution in [2.45, 2.75) is 46.4 Å². The van der Waals surface area contributed by atoms with Gasteiger partial charge in [-0.1, -0.05) is 13.8 Å². The smallest absolute Gasteiger partial charge is 0.280 e. The molecule has 0 bridgehead atoms. The molecule has 0 unspecified atom stereocenters. The molecule has 0 spiro atoms. The molecule has 2 aliphatic rings. The number of rotatable bonds is 5. The molecule has 5 aromatic heterocycles. The van der Waals surface area contributed by atoms with E-state index in [1.807, 2.05) is 27.4 Å². The first-order chi connectivity index (χ1) is 20.1. The van der Waals surface area contributed by atoms with Gasteiger partial charge in [-0.3, -0.25) is 23.7 Å². The van der Waals surface area contributed by atoms with Gasteiger partial charge in [0.25, 0.3) is 11.1 Å². The lowest BCUT2D eigenvalue weighted by Crippen LogP contribution is -2.30. The van der Waals surface area contributed by atoms with Gasteiger partial charge >= 0.3 is 0 Å². The molecular formula is C31H34N8O3. The molecular weight excluding hydrogens is 532 g/mol. The minimum Gasteiger partial charge on any atom is -0.392 e. The molecule has 0 radical (unpaired) electrons. The number of hydrogen-bond acceptors (Lipinski definition) is 7. The maximum atomic E-state index is 13.7. The van der Waals surface area contributed by atoms with Crippen LogP contribution in [0.3, 0.4) is 0 Å². The minimum absolute atomic E-state index is 0.179. The van der Waals surface area contributed by atoms with Gasteiger partial charge in [0.2, 0.25) is 0 Å². The molecule has 0 fully saturated rings. The van der Waals surface area contributed by atoms with Crippen LogP contribution >= 0.6 is 0 Å². The number of anilines is 2. The Hall–Kier alpha value is -4.48. The lowest BCUT2D eigenvalue weighted by Gasteiger charge is -2.22. The highest BCUT2D eigenvalue weighted by Gasteiger charge is 2.32. The van der Waals surface area contributed by atoms with Crippen molar-refractivity contribution in [3.8, 4) is 16.9 Å². The summed E-state index contributed by atoms with van der Waals surface area (Å²) in [6.45, 7) is 6.65. The van der Waals surface area contributed by atoms with Crippen molar-refractivity contribution in [3.05, 3.63) is 92.3 Å². The summed E-state index contributed by atoms with van der Waals surface area (Å²) < 4.78 is 6.95. The van der Waals surface area contributed by atoms with E-state index >= 15 is 0 Å². The van der Waals surface area contributed by atoms with Crippen molar-refractivity contribution in [1.29, 1.82) is 0 Å². The Morgan fingerprint density at radius 2 is 1.88 bits per heavy atom. The Morgan fingerprint density at radius 1 is 1.05 bits per heavy atom. The highest BCUT2D eigenvalue weighted by Crippen LogP contribution is 2.37. The molecule has 0 saturated carbocycles. The van der Waals surface area contributed by atoms with Crippen LogP contribution in [-0.2, 0) is 39.6 Å². The third-order valence-electron chi connectivity index (χ3n) is 8.51. The quantitative estimate of drug-likeness (QED) is 0.336. The molecule has 216 valence electrons. The van der Waals surface area contributed by atoms with Gasteiger partial charge in [0.05, 0.1) is 18.8 Å². The van der Waals surface area contributed by atoms with Gasteiger partial charge in [0.1, 0.15) is 17.0 Å². The average molecular weight is 567 g/mol. The lowest BCUT2D eigenvalue weighted by molar-refractivity contribution is 0.259. The molecule has 1 aliphatic heterocycles. The number of aliphatic hydroxyl groups excluding tert-OH is 1. The molecule has 0 atom stereocenters. The second-order valence-corrected chi connectivity index (χ2v) is 12.3. The van der Waals surface area contributed by atoms with Gasteiger partial charge in [-0.15, -0.1) is 0 Å². The van der Waals surface area contributed by atoms with Gasteiger partial charge < -0.3 is 19.4 Å². The van der Waals surface area contributed by atoms with Crippen molar-refractivity contribution in [2.75, 3.05) is 18.9 Å². The first-order valence-electron chi connectivity index (χ1n) is 14.2. The fourth-order valence-corrected chi connectivity index (χ4v) is 6.49. The highest BCUT2D eigenvalue weighted by molar-refractivity contribution is 5.73. The number of nitrogens with one attached hydrogen (secondary N) is 1. The van der Waals surface area contributed by atoms with E-state index in [0.29, 0.717) is 39.5 Å². The fourth-order valence-electron chi connectivity index (χ4n) is 6.49. The van der Waals surface area contributed by atoms with E-state index < -0.39 is 0 Å². The molecule has 5 aromatic rings. The molecule has 11 heteroatoms. The van der Waals surface area contributed by atoms with Crippen LogP contribution < -0.4 is 16.4 Å². The van der Waals surface area contributed by atoms with E-state index in [9.17, 15) is 14.7 Å². The zero-order chi connectivity index (χ0) is 29.3. The van der Waals surface area contributed by atoms with Crippen LogP contribution in [0.15, 0.2) is 58.6 Å². The summed E-state index contributed by atoms with van der Waals surface area (Å²) in [5, 5.41) is 18.4. The van der Waals surface area contributed by atoms with E-state index in [2.05, 4.69) is 41.2 Å². The molecule has 11 nitrogen and oxygen atoms in total. The second kappa shape index (κ2) is 9.53. The van der Waals surface area contributed by atoms with Crippen molar-refractivity contribution < 1.29 is 5.11 Å². The molecule has 0 aromatic carbocycles. The molecule has 2 N–H and O–H groups in total. The number of aryl methyl sites for hydroxylation is 1.